The Morgan fingerprint density at radius 2 is 1.79 bits per heavy atom. The first-order chi connectivity index (χ1) is 20.5. The van der Waals surface area contributed by atoms with Crippen molar-refractivity contribution < 1.29 is 9.32 Å². The predicted molar refractivity (Wildman–Crippen MR) is 163 cm³/mol. The number of anilines is 3. The van der Waals surface area contributed by atoms with Gasteiger partial charge in [0.1, 0.15) is 0 Å². The van der Waals surface area contributed by atoms with Crippen LogP contribution < -0.4 is 16.0 Å². The summed E-state index contributed by atoms with van der Waals surface area (Å²) in [4.78, 5) is 28.9. The van der Waals surface area contributed by atoms with Crippen LogP contribution in [0, 0.1) is 13.8 Å². The van der Waals surface area contributed by atoms with Crippen LogP contribution in [-0.4, -0.2) is 57.1 Å². The summed E-state index contributed by atoms with van der Waals surface area (Å²) in [5.74, 6) is 0.918. The first kappa shape index (κ1) is 27.3. The molecule has 0 spiro atoms. The van der Waals surface area contributed by atoms with Crippen molar-refractivity contribution in [2.45, 2.75) is 20.4 Å². The molecule has 5 aromatic rings. The third-order valence-electron chi connectivity index (χ3n) is 7.18. The molecule has 1 aliphatic rings. The van der Waals surface area contributed by atoms with Crippen LogP contribution in [0.5, 0.6) is 0 Å². The molecule has 212 valence electrons. The Morgan fingerprint density at radius 3 is 2.57 bits per heavy atom. The van der Waals surface area contributed by atoms with Crippen molar-refractivity contribution in [3.8, 4) is 22.6 Å². The fourth-order valence-corrected chi connectivity index (χ4v) is 4.84. The summed E-state index contributed by atoms with van der Waals surface area (Å²) in [5.41, 5.74) is 7.42. The van der Waals surface area contributed by atoms with Crippen molar-refractivity contribution in [1.82, 2.24) is 30.3 Å². The summed E-state index contributed by atoms with van der Waals surface area (Å²) < 4.78 is 5.39. The monoisotopic (exact) mass is 560 g/mol. The molecule has 0 atom stereocenters. The minimum absolute atomic E-state index is 0.161. The second kappa shape index (κ2) is 12.3. The summed E-state index contributed by atoms with van der Waals surface area (Å²) in [6.07, 6.45) is 5.18. The lowest BCUT2D eigenvalue weighted by Gasteiger charge is -2.27. The maximum atomic E-state index is 13.0. The van der Waals surface area contributed by atoms with Gasteiger partial charge in [0.25, 0.3) is 5.91 Å². The Hall–Kier alpha value is -4.93. The minimum Gasteiger partial charge on any atom is -0.356 e. The molecule has 0 saturated carbocycles. The van der Waals surface area contributed by atoms with E-state index in [9.17, 15) is 4.79 Å². The van der Waals surface area contributed by atoms with Crippen molar-refractivity contribution >= 4 is 23.2 Å². The number of hydrogen-bond donors (Lipinski definition) is 3. The fraction of sp³-hybridized carbons (Fsp3) is 0.219. The van der Waals surface area contributed by atoms with E-state index in [0.29, 0.717) is 28.7 Å². The van der Waals surface area contributed by atoms with E-state index >= 15 is 0 Å². The Kier molecular flexibility index (Phi) is 7.98. The van der Waals surface area contributed by atoms with E-state index in [1.165, 1.54) is 5.56 Å². The zero-order valence-corrected chi connectivity index (χ0v) is 23.6. The number of aryl methyl sites for hydroxylation is 2. The number of nitrogens with one attached hydrogen (secondary N) is 3. The van der Waals surface area contributed by atoms with Crippen LogP contribution in [-0.2, 0) is 6.54 Å². The number of benzene rings is 2. The van der Waals surface area contributed by atoms with Gasteiger partial charge < -0.3 is 20.5 Å². The first-order valence-corrected chi connectivity index (χ1v) is 13.9. The summed E-state index contributed by atoms with van der Waals surface area (Å²) in [5, 5.41) is 13.6. The number of aromatic nitrogens is 4. The largest absolute Gasteiger partial charge is 0.356 e. The van der Waals surface area contributed by atoms with Gasteiger partial charge in [0.15, 0.2) is 5.76 Å². The third-order valence-corrected chi connectivity index (χ3v) is 7.18. The number of pyridine rings is 1. The van der Waals surface area contributed by atoms with E-state index in [4.69, 9.17) is 9.51 Å². The van der Waals surface area contributed by atoms with Crippen LogP contribution in [0.1, 0.15) is 27.2 Å². The zero-order valence-electron chi connectivity index (χ0n) is 23.6. The molecule has 0 unspecified atom stereocenters. The SMILES string of the molecule is Cc1cc(-c2cncc(-c3ccnc(Nc4cc(NC(=O)c5ccc(CN6CCNCC6)cc5)ccc4C)n3)c2)on1. The molecule has 0 radical (unpaired) electrons. The van der Waals surface area contributed by atoms with Gasteiger partial charge in [0.2, 0.25) is 5.95 Å². The van der Waals surface area contributed by atoms with Crippen molar-refractivity contribution in [3.63, 3.8) is 0 Å². The molecule has 4 heterocycles. The summed E-state index contributed by atoms with van der Waals surface area (Å²) in [6, 6.07) is 19.2. The minimum atomic E-state index is -0.161. The van der Waals surface area contributed by atoms with Gasteiger partial charge >= 0.3 is 0 Å². The Balaban J connectivity index is 1.14. The maximum absolute atomic E-state index is 13.0. The van der Waals surface area contributed by atoms with Crippen molar-refractivity contribution in [2.24, 2.45) is 0 Å². The summed E-state index contributed by atoms with van der Waals surface area (Å²) in [6.45, 7) is 8.86. The molecular weight excluding hydrogens is 528 g/mol. The smallest absolute Gasteiger partial charge is 0.255 e. The van der Waals surface area contributed by atoms with E-state index in [1.807, 2.05) is 74.5 Å². The van der Waals surface area contributed by atoms with Gasteiger partial charge in [-0.2, -0.15) is 0 Å². The number of rotatable bonds is 8. The van der Waals surface area contributed by atoms with Gasteiger partial charge in [-0.15, -0.1) is 0 Å². The molecule has 42 heavy (non-hydrogen) atoms. The Labute approximate surface area is 244 Å². The molecule has 3 aromatic heterocycles. The lowest BCUT2D eigenvalue weighted by atomic mass is 10.1. The van der Waals surface area contributed by atoms with Gasteiger partial charge in [0.05, 0.1) is 11.4 Å². The summed E-state index contributed by atoms with van der Waals surface area (Å²) in [7, 11) is 0. The Bertz CT molecular complexity index is 1690. The lowest BCUT2D eigenvalue weighted by Crippen LogP contribution is -2.42. The number of carbonyl (C=O) groups excluding carboxylic acids is 1. The van der Waals surface area contributed by atoms with E-state index in [2.05, 4.69) is 36.0 Å². The number of carbonyl (C=O) groups is 1. The highest BCUT2D eigenvalue weighted by Gasteiger charge is 2.13. The average Bonchev–Trinajstić information content (AvgIpc) is 3.46. The number of hydrogen-bond acceptors (Lipinski definition) is 9. The third kappa shape index (κ3) is 6.51. The standard InChI is InChI=1S/C32H32N8O2/c1-21-3-8-27(36-31(41)24-6-4-23(5-7-24)20-40-13-11-33-12-14-40)17-29(21)38-32-35-10-9-28(37-32)25-16-26(19-34-18-25)30-15-22(2)39-42-30/h3-10,15-19,33H,11-14,20H2,1-2H3,(H,36,41)(H,35,37,38). The van der Waals surface area contributed by atoms with Gasteiger partial charge in [-0.1, -0.05) is 23.4 Å². The first-order valence-electron chi connectivity index (χ1n) is 13.9. The maximum Gasteiger partial charge on any atom is 0.255 e. The zero-order chi connectivity index (χ0) is 28.9. The molecule has 1 aliphatic heterocycles. The lowest BCUT2D eigenvalue weighted by molar-refractivity contribution is 0.102. The highest BCUT2D eigenvalue weighted by Crippen LogP contribution is 2.27. The molecule has 10 nitrogen and oxygen atoms in total. The average molecular weight is 561 g/mol. The number of amides is 1. The molecule has 2 aromatic carbocycles. The van der Waals surface area contributed by atoms with Gasteiger partial charge in [-0.25, -0.2) is 9.97 Å². The second-order valence-electron chi connectivity index (χ2n) is 10.4. The van der Waals surface area contributed by atoms with Gasteiger partial charge in [0, 0.05) is 85.4 Å². The van der Waals surface area contributed by atoms with Crippen LogP contribution >= 0.6 is 0 Å². The quantitative estimate of drug-likeness (QED) is 0.235. The van der Waals surface area contributed by atoms with Crippen LogP contribution in [0.4, 0.5) is 17.3 Å². The normalized spacial score (nSPS) is 13.6. The van der Waals surface area contributed by atoms with Crippen LogP contribution in [0.2, 0.25) is 0 Å². The second-order valence-corrected chi connectivity index (χ2v) is 10.4. The van der Waals surface area contributed by atoms with Gasteiger partial charge in [-0.05, 0) is 61.4 Å². The highest BCUT2D eigenvalue weighted by atomic mass is 16.5. The van der Waals surface area contributed by atoms with Crippen LogP contribution in [0.25, 0.3) is 22.6 Å². The van der Waals surface area contributed by atoms with Crippen molar-refractivity contribution in [1.29, 1.82) is 0 Å². The van der Waals surface area contributed by atoms with Gasteiger partial charge in [-0.3, -0.25) is 14.7 Å². The fourth-order valence-electron chi connectivity index (χ4n) is 4.84. The summed E-state index contributed by atoms with van der Waals surface area (Å²) >= 11 is 0. The molecule has 10 heteroatoms. The Morgan fingerprint density at radius 1 is 0.976 bits per heavy atom. The molecule has 6 rings (SSSR count). The van der Waals surface area contributed by atoms with E-state index < -0.39 is 0 Å². The highest BCUT2D eigenvalue weighted by molar-refractivity contribution is 6.04. The van der Waals surface area contributed by atoms with Crippen LogP contribution in [0.3, 0.4) is 0 Å². The molecule has 1 amide bonds. The molecule has 3 N–H and O–H groups in total. The predicted octanol–water partition coefficient (Wildman–Crippen LogP) is 5.21. The van der Waals surface area contributed by atoms with E-state index in [0.717, 1.165) is 60.8 Å². The van der Waals surface area contributed by atoms with E-state index in [-0.39, 0.29) is 5.91 Å². The number of piperazine rings is 1. The van der Waals surface area contributed by atoms with Crippen molar-refractivity contribution in [3.05, 3.63) is 102 Å². The topological polar surface area (TPSA) is 121 Å². The number of nitrogens with zero attached hydrogens (tertiary/aromatic N) is 5. The van der Waals surface area contributed by atoms with E-state index in [1.54, 1.807) is 18.6 Å². The molecule has 1 saturated heterocycles. The molecule has 0 aliphatic carbocycles. The van der Waals surface area contributed by atoms with Crippen LogP contribution in [0.15, 0.2) is 83.8 Å². The molecule has 1 fully saturated rings. The molecule has 0 bridgehead atoms. The molecular formula is C32H32N8O2. The van der Waals surface area contributed by atoms with Crippen molar-refractivity contribution in [2.75, 3.05) is 36.8 Å².